The Balaban J connectivity index is 1.57. The lowest BCUT2D eigenvalue weighted by atomic mass is 9.86. The van der Waals surface area contributed by atoms with Gasteiger partial charge in [-0.2, -0.15) is 0 Å². The summed E-state index contributed by atoms with van der Waals surface area (Å²) in [6, 6.07) is 3.66. The van der Waals surface area contributed by atoms with Gasteiger partial charge in [0, 0.05) is 12.1 Å². The van der Waals surface area contributed by atoms with Crippen LogP contribution in [0, 0.1) is 5.92 Å². The molecule has 1 heterocycles. The number of rotatable bonds is 6. The molecule has 1 amide bonds. The van der Waals surface area contributed by atoms with Crippen LogP contribution in [0.2, 0.25) is 0 Å². The molecule has 3 rings (SSSR count). The van der Waals surface area contributed by atoms with E-state index in [9.17, 15) is 9.59 Å². The highest BCUT2D eigenvalue weighted by Crippen LogP contribution is 2.40. The topological polar surface area (TPSA) is 83.1 Å². The summed E-state index contributed by atoms with van der Waals surface area (Å²) in [5.74, 6) is 1.26. The zero-order valence-electron chi connectivity index (χ0n) is 17.2. The summed E-state index contributed by atoms with van der Waals surface area (Å²) in [5, 5.41) is 3.01. The molecule has 1 fully saturated rings. The van der Waals surface area contributed by atoms with Crippen LogP contribution in [-0.2, 0) is 14.3 Å². The average molecular weight is 403 g/mol. The lowest BCUT2D eigenvalue weighted by molar-refractivity contribution is -0.150. The van der Waals surface area contributed by atoms with Crippen LogP contribution >= 0.6 is 0 Å². The van der Waals surface area contributed by atoms with E-state index in [2.05, 4.69) is 12.2 Å². The molecule has 0 saturated heterocycles. The van der Waals surface area contributed by atoms with Gasteiger partial charge in [-0.1, -0.05) is 19.8 Å². The van der Waals surface area contributed by atoms with E-state index in [4.69, 9.17) is 18.9 Å². The van der Waals surface area contributed by atoms with E-state index in [1.807, 2.05) is 0 Å². The van der Waals surface area contributed by atoms with E-state index in [1.165, 1.54) is 12.5 Å². The Morgan fingerprint density at radius 2 is 1.97 bits per heavy atom. The van der Waals surface area contributed by atoms with Crippen molar-refractivity contribution in [2.45, 2.75) is 51.7 Å². The second-order valence-electron chi connectivity index (χ2n) is 7.54. The van der Waals surface area contributed by atoms with Gasteiger partial charge in [0.05, 0.1) is 7.11 Å². The summed E-state index contributed by atoms with van der Waals surface area (Å²) >= 11 is 0. The molecule has 7 nitrogen and oxygen atoms in total. The molecule has 0 spiro atoms. The molecule has 0 aromatic heterocycles. The van der Waals surface area contributed by atoms with Gasteiger partial charge in [-0.25, -0.2) is 4.79 Å². The Kier molecular flexibility index (Phi) is 7.01. The highest BCUT2D eigenvalue weighted by atomic mass is 16.6. The lowest BCUT2D eigenvalue weighted by Crippen LogP contribution is -2.45. The normalized spacial score (nSPS) is 22.0. The van der Waals surface area contributed by atoms with Crippen molar-refractivity contribution in [3.63, 3.8) is 0 Å². The van der Waals surface area contributed by atoms with E-state index in [1.54, 1.807) is 32.2 Å². The first-order chi connectivity index (χ1) is 14.0. The van der Waals surface area contributed by atoms with Gasteiger partial charge in [0.25, 0.3) is 5.91 Å². The second kappa shape index (κ2) is 9.67. The zero-order chi connectivity index (χ0) is 20.8. The Morgan fingerprint density at radius 3 is 2.72 bits per heavy atom. The summed E-state index contributed by atoms with van der Waals surface area (Å²) < 4.78 is 21.7. The van der Waals surface area contributed by atoms with Gasteiger partial charge in [-0.15, -0.1) is 0 Å². The highest BCUT2D eigenvalue weighted by molar-refractivity contribution is 5.90. The van der Waals surface area contributed by atoms with Crippen molar-refractivity contribution in [1.82, 2.24) is 5.32 Å². The molecular formula is C22H29NO6. The van der Waals surface area contributed by atoms with Crippen molar-refractivity contribution in [3.8, 4) is 17.2 Å². The highest BCUT2D eigenvalue weighted by Gasteiger charge is 2.26. The fourth-order valence-electron chi connectivity index (χ4n) is 3.65. The molecule has 0 bridgehead atoms. The maximum absolute atomic E-state index is 12.4. The number of hydrogen-bond acceptors (Lipinski definition) is 6. The molecule has 158 valence electrons. The summed E-state index contributed by atoms with van der Waals surface area (Å²) in [4.78, 5) is 24.5. The second-order valence-corrected chi connectivity index (χ2v) is 7.54. The molecule has 0 radical (unpaired) electrons. The molecule has 1 N–H and O–H groups in total. The van der Waals surface area contributed by atoms with E-state index < -0.39 is 12.1 Å². The van der Waals surface area contributed by atoms with Gasteiger partial charge in [-0.3, -0.25) is 4.79 Å². The molecule has 3 atom stereocenters. The smallest absolute Gasteiger partial charge is 0.331 e. The third-order valence-corrected chi connectivity index (χ3v) is 5.36. The number of methoxy groups -OCH3 is 1. The quantitative estimate of drug-likeness (QED) is 0.581. The van der Waals surface area contributed by atoms with Crippen molar-refractivity contribution in [3.05, 3.63) is 23.8 Å². The van der Waals surface area contributed by atoms with Crippen LogP contribution in [0.15, 0.2) is 18.2 Å². The van der Waals surface area contributed by atoms with E-state index >= 15 is 0 Å². The van der Waals surface area contributed by atoms with Gasteiger partial charge in [0.2, 0.25) is 5.75 Å². The van der Waals surface area contributed by atoms with Crippen molar-refractivity contribution in [2.75, 3.05) is 20.3 Å². The molecule has 0 unspecified atom stereocenters. The number of fused-ring (bicyclic) bond motifs is 1. The first-order valence-corrected chi connectivity index (χ1v) is 10.1. The molecule has 29 heavy (non-hydrogen) atoms. The Hall–Kier alpha value is -2.70. The van der Waals surface area contributed by atoms with Crippen LogP contribution in [0.25, 0.3) is 6.08 Å². The SMILES string of the molecule is COc1cc(/C=C/C(=O)O[C@H](C)C(=O)N[C@@H]2CCCC[C@@H]2C)cc2c1OCCO2. The summed E-state index contributed by atoms with van der Waals surface area (Å²) in [6.07, 6.45) is 6.43. The standard InChI is InChI=1S/C22H29NO6/c1-14-6-4-5-7-17(14)23-22(25)15(2)29-20(24)9-8-16-12-18(26-3)21-19(13-16)27-10-11-28-21/h8-9,12-15,17H,4-7,10-11H2,1-3H3,(H,23,25)/b9-8+/t14-,15+,17+/m0/s1. The fraction of sp³-hybridized carbons (Fsp3) is 0.545. The number of benzene rings is 1. The molecule has 1 aliphatic carbocycles. The maximum Gasteiger partial charge on any atom is 0.331 e. The van der Waals surface area contributed by atoms with E-state index in [0.717, 1.165) is 19.3 Å². The van der Waals surface area contributed by atoms with Crippen LogP contribution in [0.4, 0.5) is 0 Å². The summed E-state index contributed by atoms with van der Waals surface area (Å²) in [7, 11) is 1.54. The third-order valence-electron chi connectivity index (χ3n) is 5.36. The predicted molar refractivity (Wildman–Crippen MR) is 108 cm³/mol. The van der Waals surface area contributed by atoms with Crippen molar-refractivity contribution in [2.24, 2.45) is 5.92 Å². The van der Waals surface area contributed by atoms with Gasteiger partial charge in [-0.05, 0) is 49.5 Å². The molecule has 1 saturated carbocycles. The molecular weight excluding hydrogens is 374 g/mol. The van der Waals surface area contributed by atoms with Crippen LogP contribution in [-0.4, -0.2) is 44.3 Å². The largest absolute Gasteiger partial charge is 0.493 e. The van der Waals surface area contributed by atoms with Gasteiger partial charge < -0.3 is 24.3 Å². The minimum absolute atomic E-state index is 0.151. The summed E-state index contributed by atoms with van der Waals surface area (Å²) in [5.41, 5.74) is 0.705. The lowest BCUT2D eigenvalue weighted by Gasteiger charge is -2.30. The fourth-order valence-corrected chi connectivity index (χ4v) is 3.65. The average Bonchev–Trinajstić information content (AvgIpc) is 2.73. The van der Waals surface area contributed by atoms with Crippen LogP contribution in [0.3, 0.4) is 0 Å². The monoisotopic (exact) mass is 403 g/mol. The first-order valence-electron chi connectivity index (χ1n) is 10.1. The number of amides is 1. The molecule has 7 heteroatoms. The van der Waals surface area contributed by atoms with Crippen LogP contribution < -0.4 is 19.5 Å². The van der Waals surface area contributed by atoms with E-state index in [0.29, 0.717) is 41.9 Å². The molecule has 1 aromatic carbocycles. The Morgan fingerprint density at radius 1 is 1.21 bits per heavy atom. The minimum atomic E-state index is -0.851. The maximum atomic E-state index is 12.4. The predicted octanol–water partition coefficient (Wildman–Crippen LogP) is 3.11. The Labute approximate surface area is 171 Å². The van der Waals surface area contributed by atoms with Crippen LogP contribution in [0.1, 0.15) is 45.1 Å². The van der Waals surface area contributed by atoms with Gasteiger partial charge in [0.1, 0.15) is 13.2 Å². The van der Waals surface area contributed by atoms with Crippen molar-refractivity contribution >= 4 is 18.0 Å². The summed E-state index contributed by atoms with van der Waals surface area (Å²) in [6.45, 7) is 4.65. The van der Waals surface area contributed by atoms with Gasteiger partial charge >= 0.3 is 5.97 Å². The van der Waals surface area contributed by atoms with Crippen molar-refractivity contribution < 1.29 is 28.5 Å². The minimum Gasteiger partial charge on any atom is -0.493 e. The molecule has 2 aliphatic rings. The zero-order valence-corrected chi connectivity index (χ0v) is 17.2. The van der Waals surface area contributed by atoms with Gasteiger partial charge in [0.15, 0.2) is 17.6 Å². The third kappa shape index (κ3) is 5.43. The number of esters is 1. The molecule has 1 aliphatic heterocycles. The van der Waals surface area contributed by atoms with Crippen LogP contribution in [0.5, 0.6) is 17.2 Å². The van der Waals surface area contributed by atoms with E-state index in [-0.39, 0.29) is 11.9 Å². The van der Waals surface area contributed by atoms with Crippen molar-refractivity contribution in [1.29, 1.82) is 0 Å². The molecule has 1 aromatic rings. The number of ether oxygens (including phenoxy) is 4. The Bertz CT molecular complexity index is 758. The number of carbonyl (C=O) groups is 2. The number of hydrogen-bond donors (Lipinski definition) is 1. The number of carbonyl (C=O) groups excluding carboxylic acids is 2. The first kappa shape index (κ1) is 21.0. The number of nitrogens with one attached hydrogen (secondary N) is 1.